The second kappa shape index (κ2) is 5.34. The van der Waals surface area contributed by atoms with Gasteiger partial charge in [-0.3, -0.25) is 4.79 Å². The zero-order valence-corrected chi connectivity index (χ0v) is 13.7. The van der Waals surface area contributed by atoms with Gasteiger partial charge in [-0.15, -0.1) is 11.3 Å². The van der Waals surface area contributed by atoms with E-state index < -0.39 is 0 Å². The van der Waals surface area contributed by atoms with E-state index >= 15 is 0 Å². The number of hydrogen-bond acceptors (Lipinski definition) is 3. The molecule has 1 aromatic heterocycles. The maximum atomic E-state index is 13.0. The zero-order valence-electron chi connectivity index (χ0n) is 12.8. The fourth-order valence-electron chi connectivity index (χ4n) is 3.32. The first kappa shape index (κ1) is 14.4. The minimum Gasteiger partial charge on any atom is -0.397 e. The van der Waals surface area contributed by atoms with E-state index in [-0.39, 0.29) is 5.91 Å². The van der Waals surface area contributed by atoms with E-state index in [0.29, 0.717) is 22.6 Å². The first-order valence-electron chi connectivity index (χ1n) is 7.60. The normalized spacial score (nSPS) is 22.7. The molecule has 1 amide bonds. The molecule has 21 heavy (non-hydrogen) atoms. The van der Waals surface area contributed by atoms with Crippen molar-refractivity contribution in [1.29, 1.82) is 0 Å². The third-order valence-corrected chi connectivity index (χ3v) is 5.66. The van der Waals surface area contributed by atoms with E-state index in [4.69, 9.17) is 5.73 Å². The lowest BCUT2D eigenvalue weighted by Gasteiger charge is -2.38. The fourth-order valence-corrected chi connectivity index (χ4v) is 4.49. The Kier molecular flexibility index (Phi) is 3.66. The Labute approximate surface area is 129 Å². The molecule has 0 bridgehead atoms. The van der Waals surface area contributed by atoms with Gasteiger partial charge in [-0.2, -0.15) is 0 Å². The number of likely N-dealkylation sites (tertiary alicyclic amines) is 1. The van der Waals surface area contributed by atoms with Crippen molar-refractivity contribution in [1.82, 2.24) is 4.90 Å². The number of thiophene rings is 1. The number of carbonyl (C=O) groups is 1. The van der Waals surface area contributed by atoms with Gasteiger partial charge in [0.05, 0.1) is 5.69 Å². The lowest BCUT2D eigenvalue weighted by molar-refractivity contribution is 0.0517. The molecule has 0 spiro atoms. The van der Waals surface area contributed by atoms with E-state index in [0.717, 1.165) is 22.9 Å². The van der Waals surface area contributed by atoms with Crippen LogP contribution in [0.2, 0.25) is 0 Å². The minimum absolute atomic E-state index is 0.103. The smallest absolute Gasteiger partial charge is 0.266 e. The van der Waals surface area contributed by atoms with Crippen LogP contribution in [-0.4, -0.2) is 22.9 Å². The van der Waals surface area contributed by atoms with E-state index in [2.05, 4.69) is 26.8 Å². The summed E-state index contributed by atoms with van der Waals surface area (Å²) in [6.45, 7) is 6.34. The molecule has 2 atom stereocenters. The molecule has 3 nitrogen and oxygen atoms in total. The first-order chi connectivity index (χ1) is 9.99. The number of carbonyl (C=O) groups excluding carboxylic acids is 1. The van der Waals surface area contributed by atoms with Crippen LogP contribution in [0.5, 0.6) is 0 Å². The number of piperidine rings is 1. The average molecular weight is 302 g/mol. The van der Waals surface area contributed by atoms with E-state index in [1.54, 1.807) is 0 Å². The number of nitrogens with zero attached hydrogens (tertiary/aromatic N) is 1. The molecule has 4 heteroatoms. The molecule has 0 radical (unpaired) electrons. The zero-order chi connectivity index (χ0) is 15.1. The van der Waals surface area contributed by atoms with Crippen molar-refractivity contribution < 1.29 is 4.79 Å². The predicted octanol–water partition coefficient (Wildman–Crippen LogP) is 4.20. The van der Waals surface area contributed by atoms with Gasteiger partial charge in [-0.1, -0.05) is 12.1 Å². The second-order valence-corrected chi connectivity index (χ2v) is 7.24. The fraction of sp³-hybridized carbons (Fsp3) is 0.471. The van der Waals surface area contributed by atoms with Crippen LogP contribution in [0.1, 0.15) is 48.3 Å². The number of hydrogen-bond donors (Lipinski definition) is 1. The topological polar surface area (TPSA) is 46.3 Å². The first-order valence-corrected chi connectivity index (χ1v) is 8.42. The largest absolute Gasteiger partial charge is 0.397 e. The van der Waals surface area contributed by atoms with Crippen LogP contribution in [-0.2, 0) is 0 Å². The number of anilines is 1. The summed E-state index contributed by atoms with van der Waals surface area (Å²) in [7, 11) is 0. The Morgan fingerprint density at radius 1 is 1.29 bits per heavy atom. The molecule has 1 aromatic carbocycles. The summed E-state index contributed by atoms with van der Waals surface area (Å²) in [6.07, 6.45) is 3.37. The number of rotatable bonds is 1. The number of benzene rings is 1. The van der Waals surface area contributed by atoms with Gasteiger partial charge in [0.2, 0.25) is 0 Å². The molecule has 0 unspecified atom stereocenters. The highest BCUT2D eigenvalue weighted by molar-refractivity contribution is 7.21. The van der Waals surface area contributed by atoms with Gasteiger partial charge in [-0.05, 0) is 51.7 Å². The van der Waals surface area contributed by atoms with Crippen LogP contribution in [0, 0.1) is 6.92 Å². The van der Waals surface area contributed by atoms with Gasteiger partial charge in [-0.25, -0.2) is 0 Å². The predicted molar refractivity (Wildman–Crippen MR) is 89.9 cm³/mol. The molecule has 112 valence electrons. The molecule has 3 rings (SSSR count). The Morgan fingerprint density at radius 3 is 2.62 bits per heavy atom. The molecule has 2 N–H and O–H groups in total. The summed E-state index contributed by atoms with van der Waals surface area (Å²) >= 11 is 1.53. The van der Waals surface area contributed by atoms with E-state index in [9.17, 15) is 4.79 Å². The van der Waals surface area contributed by atoms with Crippen molar-refractivity contribution >= 4 is 33.0 Å². The van der Waals surface area contributed by atoms with Crippen molar-refractivity contribution in [3.05, 3.63) is 28.6 Å². The van der Waals surface area contributed by atoms with Crippen molar-refractivity contribution in [2.75, 3.05) is 5.73 Å². The average Bonchev–Trinajstić information content (AvgIpc) is 2.75. The van der Waals surface area contributed by atoms with Gasteiger partial charge >= 0.3 is 0 Å². The molecule has 0 saturated carbocycles. The summed E-state index contributed by atoms with van der Waals surface area (Å²) in [6, 6.07) is 6.78. The SMILES string of the molecule is Cc1ccc2c(N)c(C(=O)N3[C@H](C)CCC[C@@H]3C)sc2c1. The van der Waals surface area contributed by atoms with Gasteiger partial charge < -0.3 is 10.6 Å². The molecule has 2 heterocycles. The molecule has 0 aliphatic carbocycles. The Bertz CT molecular complexity index is 681. The number of nitrogens with two attached hydrogens (primary N) is 1. The Balaban J connectivity index is 2.03. The van der Waals surface area contributed by atoms with Crippen molar-refractivity contribution in [3.63, 3.8) is 0 Å². The molecule has 1 aliphatic rings. The quantitative estimate of drug-likeness (QED) is 0.858. The summed E-state index contributed by atoms with van der Waals surface area (Å²) in [5.74, 6) is 0.103. The second-order valence-electron chi connectivity index (χ2n) is 6.19. The summed E-state index contributed by atoms with van der Waals surface area (Å²) in [5.41, 5.74) is 8.09. The maximum absolute atomic E-state index is 13.0. The minimum atomic E-state index is 0.103. The van der Waals surface area contributed by atoms with E-state index in [1.165, 1.54) is 23.3 Å². The molecule has 1 fully saturated rings. The summed E-state index contributed by atoms with van der Waals surface area (Å²) < 4.78 is 1.10. The Hall–Kier alpha value is -1.55. The van der Waals surface area contributed by atoms with Crippen LogP contribution in [0.25, 0.3) is 10.1 Å². The highest BCUT2D eigenvalue weighted by Gasteiger charge is 2.31. The van der Waals surface area contributed by atoms with Gasteiger partial charge in [0.25, 0.3) is 5.91 Å². The van der Waals surface area contributed by atoms with Crippen molar-refractivity contribution in [3.8, 4) is 0 Å². The summed E-state index contributed by atoms with van der Waals surface area (Å²) in [5, 5.41) is 1.01. The number of fused-ring (bicyclic) bond motifs is 1. The lowest BCUT2D eigenvalue weighted by Crippen LogP contribution is -2.47. The third-order valence-electron chi connectivity index (χ3n) is 4.51. The van der Waals surface area contributed by atoms with Gasteiger partial charge in [0, 0.05) is 22.2 Å². The Morgan fingerprint density at radius 2 is 1.95 bits per heavy atom. The molecule has 2 aromatic rings. The highest BCUT2D eigenvalue weighted by Crippen LogP contribution is 2.36. The number of amides is 1. The molecular formula is C17H22N2OS. The van der Waals surface area contributed by atoms with Crippen LogP contribution >= 0.6 is 11.3 Å². The van der Waals surface area contributed by atoms with Crippen LogP contribution in [0.15, 0.2) is 18.2 Å². The third kappa shape index (κ3) is 2.42. The van der Waals surface area contributed by atoms with Crippen molar-refractivity contribution in [2.45, 2.75) is 52.1 Å². The van der Waals surface area contributed by atoms with Gasteiger partial charge in [0.15, 0.2) is 0 Å². The monoisotopic (exact) mass is 302 g/mol. The van der Waals surface area contributed by atoms with Gasteiger partial charge in [0.1, 0.15) is 4.88 Å². The standard InChI is InChI=1S/C17H22N2OS/c1-10-7-8-13-14(9-10)21-16(15(13)18)17(20)19-11(2)5-4-6-12(19)3/h7-9,11-12H,4-6,18H2,1-3H3/t11-,12+. The molecule has 1 aliphatic heterocycles. The number of aryl methyl sites for hydroxylation is 1. The van der Waals surface area contributed by atoms with Crippen LogP contribution in [0.3, 0.4) is 0 Å². The summed E-state index contributed by atoms with van der Waals surface area (Å²) in [4.78, 5) is 15.7. The van der Waals surface area contributed by atoms with Crippen LogP contribution < -0.4 is 5.73 Å². The van der Waals surface area contributed by atoms with Crippen LogP contribution in [0.4, 0.5) is 5.69 Å². The highest BCUT2D eigenvalue weighted by atomic mass is 32.1. The van der Waals surface area contributed by atoms with E-state index in [1.807, 2.05) is 17.0 Å². The van der Waals surface area contributed by atoms with Crippen molar-refractivity contribution in [2.24, 2.45) is 0 Å². The maximum Gasteiger partial charge on any atom is 0.266 e. The lowest BCUT2D eigenvalue weighted by atomic mass is 9.97. The number of nitrogen functional groups attached to an aromatic ring is 1. The molecular weight excluding hydrogens is 280 g/mol. The molecule has 1 saturated heterocycles.